The van der Waals surface area contributed by atoms with E-state index in [2.05, 4.69) is 10.0 Å². The van der Waals surface area contributed by atoms with Gasteiger partial charge in [-0.25, -0.2) is 8.42 Å². The molecular formula is C18H27ClN4O4S. The average Bonchev–Trinajstić information content (AvgIpc) is 2.60. The van der Waals surface area contributed by atoms with Crippen molar-refractivity contribution in [1.82, 2.24) is 14.9 Å². The van der Waals surface area contributed by atoms with E-state index in [0.29, 0.717) is 31.0 Å². The molecule has 0 radical (unpaired) electrons. The van der Waals surface area contributed by atoms with Gasteiger partial charge in [-0.1, -0.05) is 31.5 Å². The molecule has 1 aromatic carbocycles. The van der Waals surface area contributed by atoms with Crippen molar-refractivity contribution in [3.63, 3.8) is 0 Å². The lowest BCUT2D eigenvalue weighted by Crippen LogP contribution is -2.54. The Morgan fingerprint density at radius 3 is 2.46 bits per heavy atom. The van der Waals surface area contributed by atoms with Crippen LogP contribution in [0.25, 0.3) is 0 Å². The number of nitrogens with two attached hydrogens (primary N) is 1. The summed E-state index contributed by atoms with van der Waals surface area (Å²) in [7, 11) is -3.89. The van der Waals surface area contributed by atoms with Crippen LogP contribution in [0.5, 0.6) is 0 Å². The first-order valence-corrected chi connectivity index (χ1v) is 11.0. The minimum absolute atomic E-state index is 0.0122. The zero-order valence-corrected chi connectivity index (χ0v) is 17.6. The van der Waals surface area contributed by atoms with E-state index in [1.807, 2.05) is 4.90 Å². The van der Waals surface area contributed by atoms with Gasteiger partial charge in [0.25, 0.3) is 0 Å². The van der Waals surface area contributed by atoms with Crippen molar-refractivity contribution in [2.24, 2.45) is 11.7 Å². The Kier molecular flexibility index (Phi) is 7.82. The first-order chi connectivity index (χ1) is 13.1. The number of nitrogens with one attached hydrogen (secondary N) is 2. The van der Waals surface area contributed by atoms with E-state index in [9.17, 15) is 18.0 Å². The number of sulfonamides is 1. The number of halogens is 1. The van der Waals surface area contributed by atoms with E-state index in [0.717, 1.165) is 0 Å². The quantitative estimate of drug-likeness (QED) is 0.560. The van der Waals surface area contributed by atoms with Crippen LogP contribution >= 0.6 is 11.6 Å². The molecule has 1 atom stereocenters. The second-order valence-corrected chi connectivity index (χ2v) is 9.48. The van der Waals surface area contributed by atoms with Crippen molar-refractivity contribution in [3.8, 4) is 0 Å². The maximum atomic E-state index is 12.7. The zero-order chi connectivity index (χ0) is 20.9. The lowest BCUT2D eigenvalue weighted by atomic mass is 10.0. The molecule has 0 spiro atoms. The van der Waals surface area contributed by atoms with E-state index < -0.39 is 16.1 Å². The van der Waals surface area contributed by atoms with Gasteiger partial charge in [-0.3, -0.25) is 14.5 Å². The van der Waals surface area contributed by atoms with Crippen LogP contribution < -0.4 is 15.8 Å². The molecule has 1 fully saturated rings. The number of rotatable bonds is 8. The van der Waals surface area contributed by atoms with Crippen molar-refractivity contribution < 1.29 is 18.0 Å². The molecule has 1 aromatic rings. The molecule has 1 unspecified atom stereocenters. The molecule has 1 heterocycles. The molecule has 0 aromatic heterocycles. The van der Waals surface area contributed by atoms with Gasteiger partial charge in [0.1, 0.15) is 6.04 Å². The molecule has 1 saturated heterocycles. The maximum Gasteiger partial charge on any atom is 0.241 e. The Morgan fingerprint density at radius 2 is 1.93 bits per heavy atom. The Labute approximate surface area is 170 Å². The van der Waals surface area contributed by atoms with Gasteiger partial charge in [0.05, 0.1) is 11.4 Å². The van der Waals surface area contributed by atoms with Crippen LogP contribution in [0.3, 0.4) is 0 Å². The maximum absolute atomic E-state index is 12.7. The summed E-state index contributed by atoms with van der Waals surface area (Å²) < 4.78 is 27.8. The van der Waals surface area contributed by atoms with Crippen LogP contribution in [0, 0.1) is 5.92 Å². The summed E-state index contributed by atoms with van der Waals surface area (Å²) in [5.41, 5.74) is 5.20. The third kappa shape index (κ3) is 6.44. The van der Waals surface area contributed by atoms with Crippen LogP contribution in [0.4, 0.5) is 0 Å². The molecule has 0 aliphatic carbocycles. The van der Waals surface area contributed by atoms with E-state index in [1.54, 1.807) is 26.0 Å². The predicted octanol–water partition coefficient (Wildman–Crippen LogP) is 0.709. The topological polar surface area (TPSA) is 122 Å². The molecule has 1 aliphatic rings. The van der Waals surface area contributed by atoms with Crippen molar-refractivity contribution >= 4 is 33.4 Å². The highest BCUT2D eigenvalue weighted by molar-refractivity contribution is 7.89. The van der Waals surface area contributed by atoms with E-state index in [4.69, 9.17) is 17.3 Å². The van der Waals surface area contributed by atoms with Gasteiger partial charge in [0.15, 0.2) is 0 Å². The Hall–Kier alpha value is -1.68. The minimum atomic E-state index is -3.89. The van der Waals surface area contributed by atoms with Gasteiger partial charge in [-0.05, 0) is 37.0 Å². The number of carbonyl (C=O) groups excluding carboxylic acids is 2. The number of carbonyl (C=O) groups is 2. The van der Waals surface area contributed by atoms with E-state index >= 15 is 0 Å². The molecule has 8 nitrogen and oxygen atoms in total. The molecule has 0 bridgehead atoms. The third-order valence-corrected chi connectivity index (χ3v) is 6.32. The van der Waals surface area contributed by atoms with Gasteiger partial charge in [-0.2, -0.15) is 4.72 Å². The number of amides is 2. The summed E-state index contributed by atoms with van der Waals surface area (Å²) in [6, 6.07) is 4.91. The Balaban J connectivity index is 2.00. The fraction of sp³-hybridized carbons (Fsp3) is 0.556. The van der Waals surface area contributed by atoms with E-state index in [1.165, 1.54) is 12.1 Å². The fourth-order valence-corrected chi connectivity index (χ4v) is 4.75. The zero-order valence-electron chi connectivity index (χ0n) is 16.0. The van der Waals surface area contributed by atoms with Gasteiger partial charge >= 0.3 is 0 Å². The summed E-state index contributed by atoms with van der Waals surface area (Å²) in [5, 5.41) is 3.23. The number of likely N-dealkylation sites (tertiary alicyclic amines) is 1. The summed E-state index contributed by atoms with van der Waals surface area (Å²) in [4.78, 5) is 25.7. The average molecular weight is 431 g/mol. The molecule has 2 amide bonds. The standard InChI is InChI=1S/C18H27ClN4O4S/c1-12(2)17(22-28(26,27)15-5-3-4-13(19)10-15)18(25)21-14-6-8-23(9-7-14)11-16(20)24/h3-5,10,12,14,17,22H,6-9,11H2,1-2H3,(H2,20,24)(H,21,25). The lowest BCUT2D eigenvalue weighted by molar-refractivity contribution is -0.125. The summed E-state index contributed by atoms with van der Waals surface area (Å²) >= 11 is 5.88. The number of piperidine rings is 1. The predicted molar refractivity (Wildman–Crippen MR) is 107 cm³/mol. The largest absolute Gasteiger partial charge is 0.369 e. The fourth-order valence-electron chi connectivity index (χ4n) is 3.11. The second-order valence-electron chi connectivity index (χ2n) is 7.33. The third-order valence-electron chi connectivity index (χ3n) is 4.65. The molecule has 28 heavy (non-hydrogen) atoms. The normalized spacial score (nSPS) is 17.4. The second kappa shape index (κ2) is 9.69. The first-order valence-electron chi connectivity index (χ1n) is 9.17. The highest BCUT2D eigenvalue weighted by Crippen LogP contribution is 2.17. The number of hydrogen-bond acceptors (Lipinski definition) is 5. The van der Waals surface area contributed by atoms with Crippen LogP contribution in [0.2, 0.25) is 5.02 Å². The van der Waals surface area contributed by atoms with Gasteiger partial charge in [0, 0.05) is 24.2 Å². The Morgan fingerprint density at radius 1 is 1.29 bits per heavy atom. The number of hydrogen-bond donors (Lipinski definition) is 3. The van der Waals surface area contributed by atoms with Crippen molar-refractivity contribution in [2.75, 3.05) is 19.6 Å². The molecule has 1 aliphatic heterocycles. The first kappa shape index (κ1) is 22.6. The molecular weight excluding hydrogens is 404 g/mol. The van der Waals surface area contributed by atoms with E-state index in [-0.39, 0.29) is 35.2 Å². The molecule has 156 valence electrons. The van der Waals surface area contributed by atoms with Crippen molar-refractivity contribution in [2.45, 2.75) is 43.7 Å². The number of benzene rings is 1. The van der Waals surface area contributed by atoms with Crippen molar-refractivity contribution in [3.05, 3.63) is 29.3 Å². The molecule has 4 N–H and O–H groups in total. The molecule has 10 heteroatoms. The summed E-state index contributed by atoms with van der Waals surface area (Å²) in [6.45, 7) is 5.05. The smallest absolute Gasteiger partial charge is 0.241 e. The summed E-state index contributed by atoms with van der Waals surface area (Å²) in [6.07, 6.45) is 1.34. The van der Waals surface area contributed by atoms with Gasteiger partial charge in [-0.15, -0.1) is 0 Å². The highest BCUT2D eigenvalue weighted by atomic mass is 35.5. The van der Waals surface area contributed by atoms with Crippen LogP contribution in [0.15, 0.2) is 29.2 Å². The monoisotopic (exact) mass is 430 g/mol. The molecule has 0 saturated carbocycles. The van der Waals surface area contributed by atoms with Crippen molar-refractivity contribution in [1.29, 1.82) is 0 Å². The van der Waals surface area contributed by atoms with Crippen LogP contribution in [-0.4, -0.2) is 56.9 Å². The Bertz CT molecular complexity index is 808. The minimum Gasteiger partial charge on any atom is -0.369 e. The van der Waals surface area contributed by atoms with Gasteiger partial charge < -0.3 is 11.1 Å². The van der Waals surface area contributed by atoms with Gasteiger partial charge in [0.2, 0.25) is 21.8 Å². The lowest BCUT2D eigenvalue weighted by Gasteiger charge is -2.32. The SMILES string of the molecule is CC(C)C(NS(=O)(=O)c1cccc(Cl)c1)C(=O)NC1CCN(CC(N)=O)CC1. The molecule has 2 rings (SSSR count). The number of primary amides is 1. The van der Waals surface area contributed by atoms with Crippen LogP contribution in [-0.2, 0) is 19.6 Å². The van der Waals surface area contributed by atoms with Crippen LogP contribution in [0.1, 0.15) is 26.7 Å². The summed E-state index contributed by atoms with van der Waals surface area (Å²) in [5.74, 6) is -0.990. The highest BCUT2D eigenvalue weighted by Gasteiger charge is 2.30. The number of nitrogens with zero attached hydrogens (tertiary/aromatic N) is 1.